The van der Waals surface area contributed by atoms with E-state index in [0.29, 0.717) is 6.10 Å². The van der Waals surface area contributed by atoms with E-state index in [4.69, 9.17) is 4.74 Å². The molecule has 0 radical (unpaired) electrons. The molecule has 2 heteroatoms. The van der Waals surface area contributed by atoms with E-state index in [-0.39, 0.29) is 11.0 Å². The van der Waals surface area contributed by atoms with E-state index >= 15 is 0 Å². The Balaban J connectivity index is 2.58. The molecule has 2 nitrogen and oxygen atoms in total. The van der Waals surface area contributed by atoms with Gasteiger partial charge in [0, 0.05) is 13.1 Å². The molecule has 1 atom stereocenters. The van der Waals surface area contributed by atoms with E-state index < -0.39 is 0 Å². The van der Waals surface area contributed by atoms with Gasteiger partial charge < -0.3 is 10.1 Å². The van der Waals surface area contributed by atoms with Crippen LogP contribution in [0.3, 0.4) is 0 Å². The van der Waals surface area contributed by atoms with E-state index in [1.807, 2.05) is 0 Å². The molecule has 1 saturated heterocycles. The highest BCUT2D eigenvalue weighted by molar-refractivity contribution is 4.86. The summed E-state index contributed by atoms with van der Waals surface area (Å²) in [6, 6.07) is 0. The number of hydrogen-bond donors (Lipinski definition) is 1. The first-order valence-electron chi connectivity index (χ1n) is 4.70. The van der Waals surface area contributed by atoms with Crippen molar-refractivity contribution >= 4 is 0 Å². The van der Waals surface area contributed by atoms with Crippen LogP contribution in [0.1, 0.15) is 34.6 Å². The minimum atomic E-state index is -0.00377. The van der Waals surface area contributed by atoms with Crippen LogP contribution in [0.15, 0.2) is 0 Å². The van der Waals surface area contributed by atoms with Gasteiger partial charge in [-0.05, 0) is 19.3 Å². The third-order valence-electron chi connectivity index (χ3n) is 2.31. The number of nitrogens with one attached hydrogen (secondary N) is 1. The molecule has 72 valence electrons. The van der Waals surface area contributed by atoms with Gasteiger partial charge in [-0.1, -0.05) is 20.8 Å². The van der Waals surface area contributed by atoms with Gasteiger partial charge in [-0.15, -0.1) is 0 Å². The van der Waals surface area contributed by atoms with Crippen LogP contribution in [0.25, 0.3) is 0 Å². The molecule has 1 fully saturated rings. The van der Waals surface area contributed by atoms with Crippen molar-refractivity contribution in [3.8, 4) is 0 Å². The Kier molecular flexibility index (Phi) is 2.50. The van der Waals surface area contributed by atoms with Crippen LogP contribution in [-0.4, -0.2) is 24.8 Å². The predicted molar refractivity (Wildman–Crippen MR) is 51.3 cm³/mol. The van der Waals surface area contributed by atoms with Gasteiger partial charge in [0.25, 0.3) is 0 Å². The molecule has 1 N–H and O–H groups in total. The van der Waals surface area contributed by atoms with Gasteiger partial charge >= 0.3 is 0 Å². The molecule has 1 rings (SSSR count). The molecule has 12 heavy (non-hydrogen) atoms. The maximum atomic E-state index is 5.98. The Labute approximate surface area is 75.7 Å². The third-order valence-corrected chi connectivity index (χ3v) is 2.31. The summed E-state index contributed by atoms with van der Waals surface area (Å²) in [6.45, 7) is 12.9. The minimum Gasteiger partial charge on any atom is -0.369 e. The summed E-state index contributed by atoms with van der Waals surface area (Å²) < 4.78 is 5.98. The lowest BCUT2D eigenvalue weighted by Gasteiger charge is -2.42. The van der Waals surface area contributed by atoms with Crippen LogP contribution in [0.2, 0.25) is 0 Å². The number of hydrogen-bond acceptors (Lipinski definition) is 2. The van der Waals surface area contributed by atoms with Crippen LogP contribution in [-0.2, 0) is 4.74 Å². The highest BCUT2D eigenvalue weighted by atomic mass is 16.5. The van der Waals surface area contributed by atoms with Gasteiger partial charge in [0.2, 0.25) is 0 Å². The van der Waals surface area contributed by atoms with Crippen LogP contribution in [0.5, 0.6) is 0 Å². The maximum Gasteiger partial charge on any atom is 0.0755 e. The minimum absolute atomic E-state index is 0.00377. The Morgan fingerprint density at radius 2 is 1.92 bits per heavy atom. The van der Waals surface area contributed by atoms with Crippen molar-refractivity contribution in [3.63, 3.8) is 0 Å². The second-order valence-electron chi connectivity index (χ2n) is 5.36. The molecule has 0 spiro atoms. The van der Waals surface area contributed by atoms with Gasteiger partial charge in [0.15, 0.2) is 0 Å². The van der Waals surface area contributed by atoms with Crippen molar-refractivity contribution in [1.29, 1.82) is 0 Å². The van der Waals surface area contributed by atoms with Gasteiger partial charge in [0.05, 0.1) is 11.7 Å². The lowest BCUT2D eigenvalue weighted by molar-refractivity contribution is -0.133. The van der Waals surface area contributed by atoms with Crippen molar-refractivity contribution in [1.82, 2.24) is 5.32 Å². The SMILES string of the molecule is CC1(C)CNCC(C(C)(C)C)O1. The van der Waals surface area contributed by atoms with Gasteiger partial charge in [0.1, 0.15) is 0 Å². The third kappa shape index (κ3) is 2.46. The van der Waals surface area contributed by atoms with Gasteiger partial charge in [-0.3, -0.25) is 0 Å². The first kappa shape index (κ1) is 10.0. The zero-order valence-electron chi connectivity index (χ0n) is 8.90. The monoisotopic (exact) mass is 171 g/mol. The van der Waals surface area contributed by atoms with Crippen molar-refractivity contribution in [2.45, 2.75) is 46.3 Å². The molecular formula is C10H21NO. The van der Waals surface area contributed by atoms with E-state index in [0.717, 1.165) is 13.1 Å². The largest absolute Gasteiger partial charge is 0.369 e. The Morgan fingerprint density at radius 3 is 2.25 bits per heavy atom. The van der Waals surface area contributed by atoms with Crippen LogP contribution in [0, 0.1) is 5.41 Å². The lowest BCUT2D eigenvalue weighted by atomic mass is 9.87. The topological polar surface area (TPSA) is 21.3 Å². The van der Waals surface area contributed by atoms with Crippen molar-refractivity contribution in [3.05, 3.63) is 0 Å². The average Bonchev–Trinajstić information content (AvgIpc) is 1.83. The summed E-state index contributed by atoms with van der Waals surface area (Å²) in [6.07, 6.45) is 0.334. The highest BCUT2D eigenvalue weighted by Crippen LogP contribution is 2.28. The summed E-state index contributed by atoms with van der Waals surface area (Å²) >= 11 is 0. The Hall–Kier alpha value is -0.0800. The maximum absolute atomic E-state index is 5.98. The molecule has 0 amide bonds. The molecule has 0 bridgehead atoms. The average molecular weight is 171 g/mol. The first-order chi connectivity index (χ1) is 5.31. The fourth-order valence-corrected chi connectivity index (χ4v) is 1.46. The second kappa shape index (κ2) is 3.00. The van der Waals surface area contributed by atoms with Crippen molar-refractivity contribution in [2.24, 2.45) is 5.41 Å². The molecule has 1 unspecified atom stereocenters. The summed E-state index contributed by atoms with van der Waals surface area (Å²) in [5.74, 6) is 0. The van der Waals surface area contributed by atoms with Gasteiger partial charge in [-0.2, -0.15) is 0 Å². The zero-order valence-corrected chi connectivity index (χ0v) is 8.90. The molecule has 1 aliphatic rings. The molecule has 0 aromatic rings. The Bertz CT molecular complexity index is 154. The Morgan fingerprint density at radius 1 is 1.33 bits per heavy atom. The summed E-state index contributed by atoms with van der Waals surface area (Å²) in [5.41, 5.74) is 0.237. The standard InChI is InChI=1S/C10H21NO/c1-9(2,3)8-6-11-7-10(4,5)12-8/h8,11H,6-7H2,1-5H3. The molecule has 0 aliphatic carbocycles. The fourth-order valence-electron chi connectivity index (χ4n) is 1.46. The molecule has 0 saturated carbocycles. The summed E-state index contributed by atoms with van der Waals surface area (Å²) in [4.78, 5) is 0. The van der Waals surface area contributed by atoms with E-state index in [1.165, 1.54) is 0 Å². The van der Waals surface area contributed by atoms with E-state index in [1.54, 1.807) is 0 Å². The fraction of sp³-hybridized carbons (Fsp3) is 1.00. The highest BCUT2D eigenvalue weighted by Gasteiger charge is 2.34. The normalized spacial score (nSPS) is 30.2. The molecular weight excluding hydrogens is 150 g/mol. The van der Waals surface area contributed by atoms with Crippen molar-refractivity contribution < 1.29 is 4.74 Å². The summed E-state index contributed by atoms with van der Waals surface area (Å²) in [5, 5.41) is 3.41. The lowest BCUT2D eigenvalue weighted by Crippen LogP contribution is -2.54. The van der Waals surface area contributed by atoms with Crippen LogP contribution < -0.4 is 5.32 Å². The molecule has 1 heterocycles. The predicted octanol–water partition coefficient (Wildman–Crippen LogP) is 1.80. The summed E-state index contributed by atoms with van der Waals surface area (Å²) in [7, 11) is 0. The number of rotatable bonds is 0. The first-order valence-corrected chi connectivity index (χ1v) is 4.70. The van der Waals surface area contributed by atoms with Crippen molar-refractivity contribution in [2.75, 3.05) is 13.1 Å². The molecule has 0 aromatic heterocycles. The van der Waals surface area contributed by atoms with E-state index in [9.17, 15) is 0 Å². The second-order valence-corrected chi connectivity index (χ2v) is 5.36. The molecule has 0 aromatic carbocycles. The quantitative estimate of drug-likeness (QED) is 0.600. The van der Waals surface area contributed by atoms with Crippen LogP contribution >= 0.6 is 0 Å². The van der Waals surface area contributed by atoms with Gasteiger partial charge in [-0.25, -0.2) is 0 Å². The zero-order chi connectivity index (χ0) is 9.41. The number of morpholine rings is 1. The van der Waals surface area contributed by atoms with E-state index in [2.05, 4.69) is 39.9 Å². The van der Waals surface area contributed by atoms with Crippen LogP contribution in [0.4, 0.5) is 0 Å². The number of ether oxygens (including phenoxy) is 1. The smallest absolute Gasteiger partial charge is 0.0755 e. The molecule has 1 aliphatic heterocycles.